The van der Waals surface area contributed by atoms with E-state index in [1.54, 1.807) is 0 Å². The standard InChI is InChI=1S/C46H32N4/c1-3-13-31(14-4-1)40-30-41(32-15-5-2-6-16-32)48-46(47-40)33-23-25-34(26-24-33)49-44-22-12-9-19-38(44)39-29-35(27-28-45(39)49)50-42-20-10-7-17-36(42)37-18-8-11-21-43(37)50/h1-10,12-20,22-30H,11,21H2. The van der Waals surface area contributed by atoms with Crippen LogP contribution < -0.4 is 0 Å². The lowest BCUT2D eigenvalue weighted by molar-refractivity contribution is 0.889. The van der Waals surface area contributed by atoms with Gasteiger partial charge in [-0.15, -0.1) is 0 Å². The van der Waals surface area contributed by atoms with Gasteiger partial charge in [0.05, 0.1) is 27.9 Å². The maximum absolute atomic E-state index is 5.05. The highest BCUT2D eigenvalue weighted by Crippen LogP contribution is 2.38. The van der Waals surface area contributed by atoms with Gasteiger partial charge >= 0.3 is 0 Å². The van der Waals surface area contributed by atoms with E-state index in [0.29, 0.717) is 5.82 Å². The second kappa shape index (κ2) is 11.6. The van der Waals surface area contributed by atoms with Gasteiger partial charge in [0.15, 0.2) is 5.82 Å². The number of benzene rings is 6. The van der Waals surface area contributed by atoms with Crippen molar-refractivity contribution in [3.8, 4) is 45.3 Å². The molecule has 9 aromatic rings. The summed E-state index contributed by atoms with van der Waals surface area (Å²) in [4.78, 5) is 10.1. The quantitative estimate of drug-likeness (QED) is 0.188. The summed E-state index contributed by atoms with van der Waals surface area (Å²) < 4.78 is 4.85. The normalized spacial score (nSPS) is 12.6. The van der Waals surface area contributed by atoms with Gasteiger partial charge in [0.2, 0.25) is 0 Å². The van der Waals surface area contributed by atoms with Crippen LogP contribution in [0.5, 0.6) is 0 Å². The fourth-order valence-electron chi connectivity index (χ4n) is 7.69. The van der Waals surface area contributed by atoms with Crippen LogP contribution in [0.3, 0.4) is 0 Å². The van der Waals surface area contributed by atoms with Crippen LogP contribution in [0.2, 0.25) is 0 Å². The minimum atomic E-state index is 0.709. The number of hydrogen-bond donors (Lipinski definition) is 0. The van der Waals surface area contributed by atoms with Gasteiger partial charge in [-0.2, -0.15) is 0 Å². The van der Waals surface area contributed by atoms with Crippen molar-refractivity contribution in [1.82, 2.24) is 19.1 Å². The predicted octanol–water partition coefficient (Wildman–Crippen LogP) is 11.5. The van der Waals surface area contributed by atoms with Crippen molar-refractivity contribution in [2.75, 3.05) is 0 Å². The van der Waals surface area contributed by atoms with Crippen LogP contribution >= 0.6 is 0 Å². The Hall–Kier alpha value is -6.52. The molecule has 0 saturated heterocycles. The zero-order valence-corrected chi connectivity index (χ0v) is 27.4. The van der Waals surface area contributed by atoms with E-state index in [1.165, 1.54) is 49.7 Å². The molecule has 0 unspecified atom stereocenters. The molecule has 50 heavy (non-hydrogen) atoms. The van der Waals surface area contributed by atoms with Gasteiger partial charge < -0.3 is 9.13 Å². The zero-order valence-electron chi connectivity index (χ0n) is 27.4. The monoisotopic (exact) mass is 640 g/mol. The molecule has 0 bridgehead atoms. The number of fused-ring (bicyclic) bond motifs is 6. The molecule has 3 aromatic heterocycles. The summed E-state index contributed by atoms with van der Waals surface area (Å²) in [5.41, 5.74) is 13.6. The van der Waals surface area contributed by atoms with Gasteiger partial charge in [0.1, 0.15) is 0 Å². The summed E-state index contributed by atoms with van der Waals surface area (Å²) in [5.74, 6) is 0.709. The molecule has 4 nitrogen and oxygen atoms in total. The molecule has 0 radical (unpaired) electrons. The van der Waals surface area contributed by atoms with Crippen molar-refractivity contribution in [2.45, 2.75) is 12.8 Å². The second-order valence-corrected chi connectivity index (χ2v) is 12.9. The molecule has 10 rings (SSSR count). The first-order valence-corrected chi connectivity index (χ1v) is 17.2. The van der Waals surface area contributed by atoms with Crippen LogP contribution in [-0.2, 0) is 6.42 Å². The number of allylic oxidation sites excluding steroid dienone is 1. The van der Waals surface area contributed by atoms with E-state index in [2.05, 4.69) is 167 Å². The third kappa shape index (κ3) is 4.61. The van der Waals surface area contributed by atoms with Gasteiger partial charge in [-0.25, -0.2) is 9.97 Å². The van der Waals surface area contributed by atoms with E-state index in [9.17, 15) is 0 Å². The van der Waals surface area contributed by atoms with E-state index in [-0.39, 0.29) is 0 Å². The fraction of sp³-hybridized carbons (Fsp3) is 0.0435. The minimum Gasteiger partial charge on any atom is -0.313 e. The topological polar surface area (TPSA) is 35.6 Å². The average Bonchev–Trinajstić information content (AvgIpc) is 3.71. The van der Waals surface area contributed by atoms with Crippen molar-refractivity contribution in [3.63, 3.8) is 0 Å². The highest BCUT2D eigenvalue weighted by Gasteiger charge is 2.20. The van der Waals surface area contributed by atoms with E-state index >= 15 is 0 Å². The number of aromatic nitrogens is 4. The Morgan fingerprint density at radius 1 is 0.440 bits per heavy atom. The first kappa shape index (κ1) is 28.5. The first-order valence-electron chi connectivity index (χ1n) is 17.2. The number of nitrogens with zero attached hydrogens (tertiary/aromatic N) is 4. The predicted molar refractivity (Wildman–Crippen MR) is 207 cm³/mol. The third-order valence-corrected chi connectivity index (χ3v) is 10.0. The molecule has 3 heterocycles. The van der Waals surface area contributed by atoms with Crippen LogP contribution in [-0.4, -0.2) is 19.1 Å². The van der Waals surface area contributed by atoms with Crippen molar-refractivity contribution in [1.29, 1.82) is 0 Å². The number of para-hydroxylation sites is 2. The minimum absolute atomic E-state index is 0.709. The lowest BCUT2D eigenvalue weighted by Gasteiger charge is -2.14. The van der Waals surface area contributed by atoms with E-state index in [1.807, 2.05) is 12.1 Å². The molecule has 0 aliphatic heterocycles. The highest BCUT2D eigenvalue weighted by atomic mass is 15.0. The maximum atomic E-state index is 5.05. The van der Waals surface area contributed by atoms with Gasteiger partial charge in [-0.1, -0.05) is 109 Å². The molecule has 1 aliphatic rings. The zero-order chi connectivity index (χ0) is 33.0. The van der Waals surface area contributed by atoms with Gasteiger partial charge in [0, 0.05) is 55.5 Å². The SMILES string of the molecule is C1=Cc2c(n(-c3ccc4c(c3)c3ccccc3n4-c3ccc(-c4nc(-c5ccccc5)cc(-c5ccccc5)n4)cc3)c3ccccc23)CC1. The molecule has 4 heteroatoms. The molecule has 0 saturated carbocycles. The third-order valence-electron chi connectivity index (χ3n) is 10.0. The van der Waals surface area contributed by atoms with Crippen molar-refractivity contribution < 1.29 is 0 Å². The molecular weight excluding hydrogens is 609 g/mol. The summed E-state index contributed by atoms with van der Waals surface area (Å²) in [6, 6.07) is 55.9. The van der Waals surface area contributed by atoms with Crippen LogP contribution in [0, 0.1) is 0 Å². The van der Waals surface area contributed by atoms with Crippen molar-refractivity contribution >= 4 is 38.8 Å². The van der Waals surface area contributed by atoms with Crippen molar-refractivity contribution in [2.24, 2.45) is 0 Å². The molecule has 0 atom stereocenters. The Labute approximate surface area is 290 Å². The summed E-state index contributed by atoms with van der Waals surface area (Å²) >= 11 is 0. The molecule has 0 amide bonds. The van der Waals surface area contributed by atoms with Crippen LogP contribution in [0.1, 0.15) is 17.7 Å². The van der Waals surface area contributed by atoms with E-state index in [0.717, 1.165) is 46.6 Å². The molecule has 1 aliphatic carbocycles. The Bertz CT molecular complexity index is 2680. The van der Waals surface area contributed by atoms with Gasteiger partial charge in [0.25, 0.3) is 0 Å². The lowest BCUT2D eigenvalue weighted by Crippen LogP contribution is -2.03. The molecular formula is C46H32N4. The Kier molecular flexibility index (Phi) is 6.59. The maximum Gasteiger partial charge on any atom is 0.160 e. The molecule has 0 fully saturated rings. The summed E-state index contributed by atoms with van der Waals surface area (Å²) in [6.07, 6.45) is 6.71. The first-order chi connectivity index (χ1) is 24.8. The summed E-state index contributed by atoms with van der Waals surface area (Å²) in [6.45, 7) is 0. The second-order valence-electron chi connectivity index (χ2n) is 12.9. The van der Waals surface area contributed by atoms with Crippen LogP contribution in [0.4, 0.5) is 0 Å². The lowest BCUT2D eigenvalue weighted by atomic mass is 10.0. The van der Waals surface area contributed by atoms with E-state index < -0.39 is 0 Å². The summed E-state index contributed by atoms with van der Waals surface area (Å²) in [7, 11) is 0. The smallest absolute Gasteiger partial charge is 0.160 e. The largest absolute Gasteiger partial charge is 0.313 e. The average molecular weight is 641 g/mol. The van der Waals surface area contributed by atoms with E-state index in [4.69, 9.17) is 9.97 Å². The van der Waals surface area contributed by atoms with Gasteiger partial charge in [-0.3, -0.25) is 0 Å². The Morgan fingerprint density at radius 3 is 1.72 bits per heavy atom. The molecule has 0 N–H and O–H groups in total. The Balaban J connectivity index is 1.10. The molecule has 236 valence electrons. The highest BCUT2D eigenvalue weighted by molar-refractivity contribution is 6.10. The van der Waals surface area contributed by atoms with Crippen LogP contribution in [0.15, 0.2) is 164 Å². The molecule has 0 spiro atoms. The summed E-state index contributed by atoms with van der Waals surface area (Å²) in [5, 5.41) is 3.80. The fourth-order valence-corrected chi connectivity index (χ4v) is 7.69. The molecule has 6 aromatic carbocycles. The Morgan fingerprint density at radius 2 is 1.02 bits per heavy atom. The number of rotatable bonds is 5. The van der Waals surface area contributed by atoms with Crippen LogP contribution in [0.25, 0.3) is 84.1 Å². The van der Waals surface area contributed by atoms with Crippen molar-refractivity contribution in [3.05, 3.63) is 175 Å². The number of hydrogen-bond acceptors (Lipinski definition) is 2. The van der Waals surface area contributed by atoms with Gasteiger partial charge in [-0.05, 0) is 73.5 Å².